The van der Waals surface area contributed by atoms with Crippen LogP contribution in [0.4, 0.5) is 0 Å². The van der Waals surface area contributed by atoms with E-state index < -0.39 is 17.9 Å². The summed E-state index contributed by atoms with van der Waals surface area (Å²) in [6.45, 7) is 1.66. The van der Waals surface area contributed by atoms with Gasteiger partial charge in [0, 0.05) is 6.20 Å². The molecule has 0 bridgehead atoms. The Morgan fingerprint density at radius 2 is 1.90 bits per heavy atom. The van der Waals surface area contributed by atoms with Crippen molar-refractivity contribution in [3.63, 3.8) is 0 Å². The molecular weight excluding hydrogens is 258 g/mol. The highest BCUT2D eigenvalue weighted by Gasteiger charge is 2.22. The van der Waals surface area contributed by atoms with Crippen molar-refractivity contribution in [2.75, 3.05) is 0 Å². The standard InChI is InChI=1S/C14H13N3O3/c1-9-15-8-7-11(16-9)13(18)17-12(14(19)20)10-5-3-2-4-6-10/h2-8,12H,1H3,(H,17,18)(H,19,20). The molecule has 0 aliphatic rings. The van der Waals surface area contributed by atoms with Gasteiger partial charge < -0.3 is 10.4 Å². The first kappa shape index (κ1) is 13.7. The number of nitrogens with one attached hydrogen (secondary N) is 1. The minimum absolute atomic E-state index is 0.139. The van der Waals surface area contributed by atoms with Crippen molar-refractivity contribution in [2.45, 2.75) is 13.0 Å². The Morgan fingerprint density at radius 3 is 2.50 bits per heavy atom. The zero-order valence-electron chi connectivity index (χ0n) is 10.8. The number of aryl methyl sites for hydroxylation is 1. The number of aliphatic carboxylic acids is 1. The lowest BCUT2D eigenvalue weighted by molar-refractivity contribution is -0.139. The number of carbonyl (C=O) groups is 2. The molecule has 1 aromatic carbocycles. The van der Waals surface area contributed by atoms with Crippen LogP contribution in [0, 0.1) is 6.92 Å². The van der Waals surface area contributed by atoms with Gasteiger partial charge in [-0.2, -0.15) is 0 Å². The topological polar surface area (TPSA) is 92.2 Å². The molecule has 0 aliphatic carbocycles. The smallest absolute Gasteiger partial charge is 0.330 e. The largest absolute Gasteiger partial charge is 0.479 e. The maximum Gasteiger partial charge on any atom is 0.330 e. The van der Waals surface area contributed by atoms with Gasteiger partial charge in [-0.3, -0.25) is 4.79 Å². The van der Waals surface area contributed by atoms with Gasteiger partial charge in [-0.05, 0) is 18.6 Å². The first-order chi connectivity index (χ1) is 9.58. The van der Waals surface area contributed by atoms with Crippen LogP contribution in [-0.4, -0.2) is 27.0 Å². The van der Waals surface area contributed by atoms with Crippen LogP contribution in [0.5, 0.6) is 0 Å². The van der Waals surface area contributed by atoms with E-state index in [0.29, 0.717) is 11.4 Å². The van der Waals surface area contributed by atoms with E-state index in [-0.39, 0.29) is 5.69 Å². The first-order valence-corrected chi connectivity index (χ1v) is 5.96. The summed E-state index contributed by atoms with van der Waals surface area (Å²) >= 11 is 0. The lowest BCUT2D eigenvalue weighted by Gasteiger charge is -2.14. The third kappa shape index (κ3) is 3.17. The number of carbonyl (C=O) groups excluding carboxylic acids is 1. The van der Waals surface area contributed by atoms with E-state index in [4.69, 9.17) is 0 Å². The van der Waals surface area contributed by atoms with Crippen LogP contribution in [0.15, 0.2) is 42.6 Å². The Balaban J connectivity index is 2.21. The first-order valence-electron chi connectivity index (χ1n) is 5.96. The van der Waals surface area contributed by atoms with E-state index in [1.54, 1.807) is 37.3 Å². The van der Waals surface area contributed by atoms with Crippen molar-refractivity contribution in [2.24, 2.45) is 0 Å². The SMILES string of the molecule is Cc1nccc(C(=O)NC(C(=O)O)c2ccccc2)n1. The van der Waals surface area contributed by atoms with Gasteiger partial charge >= 0.3 is 5.97 Å². The molecule has 102 valence electrons. The fourth-order valence-corrected chi connectivity index (χ4v) is 1.72. The molecular formula is C14H13N3O3. The summed E-state index contributed by atoms with van der Waals surface area (Å²) in [6.07, 6.45) is 1.45. The van der Waals surface area contributed by atoms with Crippen LogP contribution in [0.2, 0.25) is 0 Å². The summed E-state index contributed by atoms with van der Waals surface area (Å²) < 4.78 is 0. The number of hydrogen-bond acceptors (Lipinski definition) is 4. The highest BCUT2D eigenvalue weighted by molar-refractivity contribution is 5.95. The Bertz CT molecular complexity index is 629. The number of nitrogens with zero attached hydrogens (tertiary/aromatic N) is 2. The Kier molecular flexibility index (Phi) is 4.05. The maximum atomic E-state index is 12.0. The third-order valence-corrected chi connectivity index (χ3v) is 2.66. The number of benzene rings is 1. The number of carboxylic acids is 1. The molecule has 0 saturated carbocycles. The zero-order chi connectivity index (χ0) is 14.5. The van der Waals surface area contributed by atoms with Gasteiger partial charge in [0.1, 0.15) is 11.5 Å². The molecule has 1 amide bonds. The summed E-state index contributed by atoms with van der Waals surface area (Å²) in [4.78, 5) is 31.2. The van der Waals surface area contributed by atoms with Crippen LogP contribution in [0.1, 0.15) is 27.9 Å². The Hall–Kier alpha value is -2.76. The minimum atomic E-state index is -1.13. The molecule has 6 heteroatoms. The lowest BCUT2D eigenvalue weighted by Crippen LogP contribution is -2.34. The molecule has 0 fully saturated rings. The average molecular weight is 271 g/mol. The van der Waals surface area contributed by atoms with Crippen LogP contribution in [0.3, 0.4) is 0 Å². The molecule has 0 spiro atoms. The van der Waals surface area contributed by atoms with E-state index in [2.05, 4.69) is 15.3 Å². The van der Waals surface area contributed by atoms with Gasteiger partial charge in [0.2, 0.25) is 0 Å². The monoisotopic (exact) mass is 271 g/mol. The molecule has 1 heterocycles. The predicted molar refractivity (Wildman–Crippen MR) is 71.1 cm³/mol. The zero-order valence-corrected chi connectivity index (χ0v) is 10.8. The van der Waals surface area contributed by atoms with Crippen molar-refractivity contribution in [1.29, 1.82) is 0 Å². The number of rotatable bonds is 4. The van der Waals surface area contributed by atoms with E-state index in [9.17, 15) is 14.7 Å². The number of carboxylic acid groups (broad SMARTS) is 1. The maximum absolute atomic E-state index is 12.0. The molecule has 2 N–H and O–H groups in total. The van der Waals surface area contributed by atoms with Crippen molar-refractivity contribution in [1.82, 2.24) is 15.3 Å². The molecule has 0 saturated heterocycles. The molecule has 0 aliphatic heterocycles. The molecule has 6 nitrogen and oxygen atoms in total. The van der Waals surface area contributed by atoms with Crippen LogP contribution < -0.4 is 5.32 Å². The minimum Gasteiger partial charge on any atom is -0.479 e. The van der Waals surface area contributed by atoms with E-state index in [1.807, 2.05) is 0 Å². The van der Waals surface area contributed by atoms with Crippen molar-refractivity contribution in [3.05, 3.63) is 59.7 Å². The highest BCUT2D eigenvalue weighted by Crippen LogP contribution is 2.13. The summed E-state index contributed by atoms with van der Waals surface area (Å²) in [5.74, 6) is -1.23. The quantitative estimate of drug-likeness (QED) is 0.875. The fourth-order valence-electron chi connectivity index (χ4n) is 1.72. The average Bonchev–Trinajstić information content (AvgIpc) is 2.45. The number of hydrogen-bond donors (Lipinski definition) is 2. The van der Waals surface area contributed by atoms with E-state index in [0.717, 1.165) is 0 Å². The van der Waals surface area contributed by atoms with Gasteiger partial charge in [0.25, 0.3) is 5.91 Å². The van der Waals surface area contributed by atoms with E-state index >= 15 is 0 Å². The normalized spacial score (nSPS) is 11.7. The van der Waals surface area contributed by atoms with Crippen molar-refractivity contribution in [3.8, 4) is 0 Å². The second kappa shape index (κ2) is 5.92. The molecule has 1 atom stereocenters. The Morgan fingerprint density at radius 1 is 1.20 bits per heavy atom. The van der Waals surface area contributed by atoms with Crippen molar-refractivity contribution >= 4 is 11.9 Å². The third-order valence-electron chi connectivity index (χ3n) is 2.66. The number of aromatic nitrogens is 2. The summed E-state index contributed by atoms with van der Waals surface area (Å²) in [5.41, 5.74) is 0.638. The second-order valence-corrected chi connectivity index (χ2v) is 4.14. The van der Waals surface area contributed by atoms with Crippen molar-refractivity contribution < 1.29 is 14.7 Å². The molecule has 2 rings (SSSR count). The van der Waals surface area contributed by atoms with Gasteiger partial charge in [-0.1, -0.05) is 30.3 Å². The molecule has 2 aromatic rings. The summed E-state index contributed by atoms with van der Waals surface area (Å²) in [5, 5.41) is 11.7. The van der Waals surface area contributed by atoms with Gasteiger partial charge in [0.05, 0.1) is 0 Å². The van der Waals surface area contributed by atoms with Crippen LogP contribution >= 0.6 is 0 Å². The lowest BCUT2D eigenvalue weighted by atomic mass is 10.1. The second-order valence-electron chi connectivity index (χ2n) is 4.14. The van der Waals surface area contributed by atoms with Gasteiger partial charge in [-0.25, -0.2) is 14.8 Å². The number of amides is 1. The highest BCUT2D eigenvalue weighted by atomic mass is 16.4. The van der Waals surface area contributed by atoms with Gasteiger partial charge in [0.15, 0.2) is 6.04 Å². The molecule has 0 radical (unpaired) electrons. The van der Waals surface area contributed by atoms with Crippen LogP contribution in [-0.2, 0) is 4.79 Å². The fraction of sp³-hybridized carbons (Fsp3) is 0.143. The molecule has 1 aromatic heterocycles. The van der Waals surface area contributed by atoms with Crippen LogP contribution in [0.25, 0.3) is 0 Å². The Labute approximate surface area is 115 Å². The molecule has 20 heavy (non-hydrogen) atoms. The summed E-state index contributed by atoms with van der Waals surface area (Å²) in [7, 11) is 0. The van der Waals surface area contributed by atoms with E-state index in [1.165, 1.54) is 12.3 Å². The van der Waals surface area contributed by atoms with Gasteiger partial charge in [-0.15, -0.1) is 0 Å². The summed E-state index contributed by atoms with van der Waals surface area (Å²) in [6, 6.07) is 8.82. The molecule has 1 unspecified atom stereocenters. The predicted octanol–water partition coefficient (Wildman–Crippen LogP) is 1.34.